The van der Waals surface area contributed by atoms with Gasteiger partial charge in [0.15, 0.2) is 0 Å². The zero-order valence-electron chi connectivity index (χ0n) is 11.0. The molecule has 1 N–H and O–H groups in total. The lowest BCUT2D eigenvalue weighted by Gasteiger charge is -2.14. The minimum absolute atomic E-state index is 0.0862. The lowest BCUT2D eigenvalue weighted by molar-refractivity contribution is -0.384. The summed E-state index contributed by atoms with van der Waals surface area (Å²) in [6.07, 6.45) is 0. The predicted octanol–water partition coefficient (Wildman–Crippen LogP) is 4.57. The van der Waals surface area contributed by atoms with Crippen LogP contribution in [0.4, 0.5) is 11.4 Å². The summed E-state index contributed by atoms with van der Waals surface area (Å²) in [5.74, 6) is 0.322. The van der Waals surface area contributed by atoms with Crippen LogP contribution in [0, 0.1) is 10.1 Å². The summed E-state index contributed by atoms with van der Waals surface area (Å²) < 4.78 is 0.823. The highest BCUT2D eigenvalue weighted by Gasteiger charge is 2.11. The molecular weight excluding hydrogens is 320 g/mol. The van der Waals surface area contributed by atoms with Gasteiger partial charge in [-0.05, 0) is 33.5 Å². The predicted molar refractivity (Wildman–Crippen MR) is 84.1 cm³/mol. The van der Waals surface area contributed by atoms with E-state index in [4.69, 9.17) is 0 Å². The first-order valence-electron chi connectivity index (χ1n) is 6.30. The number of hydrogen-bond donors (Lipinski definition) is 1. The average Bonchev–Trinajstić information content (AvgIpc) is 2.46. The van der Waals surface area contributed by atoms with Crippen molar-refractivity contribution in [3.63, 3.8) is 0 Å². The summed E-state index contributed by atoms with van der Waals surface area (Å²) in [6, 6.07) is 14.9. The Morgan fingerprint density at radius 2 is 1.95 bits per heavy atom. The van der Waals surface area contributed by atoms with Gasteiger partial charge in [-0.1, -0.05) is 37.3 Å². The van der Waals surface area contributed by atoms with E-state index in [1.807, 2.05) is 18.2 Å². The van der Waals surface area contributed by atoms with Crippen LogP contribution in [-0.4, -0.2) is 11.5 Å². The van der Waals surface area contributed by atoms with Gasteiger partial charge in [-0.3, -0.25) is 10.1 Å². The molecule has 20 heavy (non-hydrogen) atoms. The fourth-order valence-corrected chi connectivity index (χ4v) is 2.31. The molecule has 0 heterocycles. The molecule has 2 aromatic carbocycles. The molecule has 0 saturated carbocycles. The van der Waals surface area contributed by atoms with E-state index in [9.17, 15) is 10.1 Å². The average molecular weight is 335 g/mol. The van der Waals surface area contributed by atoms with Gasteiger partial charge in [0, 0.05) is 23.2 Å². The van der Waals surface area contributed by atoms with Gasteiger partial charge in [0.1, 0.15) is 0 Å². The molecule has 0 aromatic heterocycles. The van der Waals surface area contributed by atoms with Crippen molar-refractivity contribution in [3.05, 3.63) is 68.7 Å². The fraction of sp³-hybridized carbons (Fsp3) is 0.200. The summed E-state index contributed by atoms with van der Waals surface area (Å²) in [6.45, 7) is 2.83. The zero-order chi connectivity index (χ0) is 14.5. The van der Waals surface area contributed by atoms with Crippen molar-refractivity contribution in [1.29, 1.82) is 0 Å². The fourth-order valence-electron chi connectivity index (χ4n) is 1.92. The van der Waals surface area contributed by atoms with Gasteiger partial charge in [-0.25, -0.2) is 0 Å². The third-order valence-corrected chi connectivity index (χ3v) is 3.82. The van der Waals surface area contributed by atoms with E-state index in [2.05, 4.69) is 40.3 Å². The van der Waals surface area contributed by atoms with E-state index >= 15 is 0 Å². The smallest absolute Gasteiger partial charge is 0.271 e. The molecule has 0 bridgehead atoms. The van der Waals surface area contributed by atoms with Crippen molar-refractivity contribution in [2.45, 2.75) is 12.8 Å². The SMILES string of the molecule is CC(CNc1cc([N+](=O)[O-])ccc1Br)c1ccccc1. The molecule has 104 valence electrons. The first-order chi connectivity index (χ1) is 9.58. The Balaban J connectivity index is 2.07. The molecule has 0 radical (unpaired) electrons. The topological polar surface area (TPSA) is 55.2 Å². The second-order valence-electron chi connectivity index (χ2n) is 4.61. The van der Waals surface area contributed by atoms with E-state index in [0.717, 1.165) is 10.2 Å². The number of halogens is 1. The maximum atomic E-state index is 10.8. The number of nitrogens with one attached hydrogen (secondary N) is 1. The Morgan fingerprint density at radius 1 is 1.25 bits per heavy atom. The Hall–Kier alpha value is -1.88. The van der Waals surface area contributed by atoms with Crippen LogP contribution in [0.3, 0.4) is 0 Å². The minimum atomic E-state index is -0.391. The van der Waals surface area contributed by atoms with Crippen LogP contribution in [0.15, 0.2) is 53.0 Å². The molecule has 0 saturated heterocycles. The van der Waals surface area contributed by atoms with E-state index in [1.165, 1.54) is 11.6 Å². The summed E-state index contributed by atoms with van der Waals surface area (Å²) in [7, 11) is 0. The van der Waals surface area contributed by atoms with Crippen LogP contribution in [0.5, 0.6) is 0 Å². The molecule has 0 amide bonds. The minimum Gasteiger partial charge on any atom is -0.383 e. The first-order valence-corrected chi connectivity index (χ1v) is 7.10. The molecule has 0 fully saturated rings. The highest BCUT2D eigenvalue weighted by atomic mass is 79.9. The molecule has 4 nitrogen and oxygen atoms in total. The van der Waals surface area contributed by atoms with Crippen LogP contribution < -0.4 is 5.32 Å². The van der Waals surface area contributed by atoms with Crippen molar-refractivity contribution in [2.24, 2.45) is 0 Å². The Kier molecular flexibility index (Phi) is 4.74. The highest BCUT2D eigenvalue weighted by molar-refractivity contribution is 9.10. The molecule has 0 spiro atoms. The number of hydrogen-bond acceptors (Lipinski definition) is 3. The second-order valence-corrected chi connectivity index (χ2v) is 5.47. The van der Waals surface area contributed by atoms with Crippen LogP contribution in [0.2, 0.25) is 0 Å². The summed E-state index contributed by atoms with van der Waals surface area (Å²) in [4.78, 5) is 10.4. The first kappa shape index (κ1) is 14.5. The normalized spacial score (nSPS) is 11.9. The van der Waals surface area contributed by atoms with Gasteiger partial charge >= 0.3 is 0 Å². The number of nitro groups is 1. The largest absolute Gasteiger partial charge is 0.383 e. The number of anilines is 1. The molecular formula is C15H15BrN2O2. The van der Waals surface area contributed by atoms with Gasteiger partial charge in [0.25, 0.3) is 5.69 Å². The number of nitrogens with zero attached hydrogens (tertiary/aromatic N) is 1. The molecule has 0 aliphatic carbocycles. The molecule has 5 heteroatoms. The zero-order valence-corrected chi connectivity index (χ0v) is 12.6. The Bertz CT molecular complexity index is 602. The standard InChI is InChI=1S/C15H15BrN2O2/c1-11(12-5-3-2-4-6-12)10-17-15-9-13(18(19)20)7-8-14(15)16/h2-9,11,17H,10H2,1H3. The van der Waals surface area contributed by atoms with Gasteiger partial charge in [0.05, 0.1) is 10.6 Å². The Labute approximate surface area is 126 Å². The molecule has 0 aliphatic rings. The van der Waals surface area contributed by atoms with Crippen molar-refractivity contribution in [1.82, 2.24) is 0 Å². The van der Waals surface area contributed by atoms with Crippen molar-refractivity contribution in [2.75, 3.05) is 11.9 Å². The van der Waals surface area contributed by atoms with Gasteiger partial charge in [0.2, 0.25) is 0 Å². The third-order valence-electron chi connectivity index (χ3n) is 3.13. The second kappa shape index (κ2) is 6.52. The third kappa shape index (κ3) is 3.57. The molecule has 1 unspecified atom stereocenters. The molecule has 1 atom stereocenters. The maximum absolute atomic E-state index is 10.8. The van der Waals surface area contributed by atoms with Crippen molar-refractivity contribution < 1.29 is 4.92 Å². The highest BCUT2D eigenvalue weighted by Crippen LogP contribution is 2.28. The maximum Gasteiger partial charge on any atom is 0.271 e. The molecule has 2 aromatic rings. The van der Waals surface area contributed by atoms with Crippen LogP contribution >= 0.6 is 15.9 Å². The monoisotopic (exact) mass is 334 g/mol. The van der Waals surface area contributed by atoms with E-state index < -0.39 is 4.92 Å². The summed E-state index contributed by atoms with van der Waals surface area (Å²) >= 11 is 3.40. The quantitative estimate of drug-likeness (QED) is 0.643. The van der Waals surface area contributed by atoms with Crippen LogP contribution in [-0.2, 0) is 0 Å². The van der Waals surface area contributed by atoms with Gasteiger partial charge in [-0.15, -0.1) is 0 Å². The summed E-state index contributed by atoms with van der Waals surface area (Å²) in [5.41, 5.74) is 2.06. The molecule has 2 rings (SSSR count). The lowest BCUT2D eigenvalue weighted by Crippen LogP contribution is -2.10. The van der Waals surface area contributed by atoms with E-state index in [0.29, 0.717) is 12.5 Å². The lowest BCUT2D eigenvalue weighted by atomic mass is 10.0. The number of non-ortho nitro benzene ring substituents is 1. The molecule has 0 aliphatic heterocycles. The van der Waals surface area contributed by atoms with E-state index in [-0.39, 0.29) is 5.69 Å². The van der Waals surface area contributed by atoms with E-state index in [1.54, 1.807) is 12.1 Å². The number of benzene rings is 2. The van der Waals surface area contributed by atoms with Crippen molar-refractivity contribution in [3.8, 4) is 0 Å². The number of nitro benzene ring substituents is 1. The van der Waals surface area contributed by atoms with Crippen LogP contribution in [0.25, 0.3) is 0 Å². The summed E-state index contributed by atoms with van der Waals surface area (Å²) in [5, 5.41) is 14.0. The van der Waals surface area contributed by atoms with Gasteiger partial charge < -0.3 is 5.32 Å². The number of rotatable bonds is 5. The Morgan fingerprint density at radius 3 is 2.60 bits per heavy atom. The van der Waals surface area contributed by atoms with Gasteiger partial charge in [-0.2, -0.15) is 0 Å². The van der Waals surface area contributed by atoms with Crippen molar-refractivity contribution >= 4 is 27.3 Å². The van der Waals surface area contributed by atoms with Crippen LogP contribution in [0.1, 0.15) is 18.4 Å².